The summed E-state index contributed by atoms with van der Waals surface area (Å²) in [6, 6.07) is 10.2. The van der Waals surface area contributed by atoms with Crippen molar-refractivity contribution in [2.45, 2.75) is 24.4 Å². The van der Waals surface area contributed by atoms with E-state index in [9.17, 15) is 18.8 Å². The average molecular weight is 426 g/mol. The highest BCUT2D eigenvalue weighted by atomic mass is 35.5. The smallest absolute Gasteiger partial charge is 0.250 e. The molecule has 6 rings (SSSR count). The minimum atomic E-state index is -1.26. The molecule has 4 heterocycles. The first-order chi connectivity index (χ1) is 14.4. The summed E-state index contributed by atoms with van der Waals surface area (Å²) in [5, 5.41) is 3.38. The van der Waals surface area contributed by atoms with Gasteiger partial charge in [-0.05, 0) is 61.9 Å². The molecule has 152 valence electrons. The summed E-state index contributed by atoms with van der Waals surface area (Å²) in [5.41, 5.74) is 0.344. The van der Waals surface area contributed by atoms with Crippen molar-refractivity contribution in [3.63, 3.8) is 0 Å². The molecule has 2 aromatic rings. The molecule has 6 nitrogen and oxygen atoms in total. The minimum Gasteiger partial charge on any atom is -0.324 e. The van der Waals surface area contributed by atoms with E-state index in [4.69, 9.17) is 11.6 Å². The number of hydrogen-bond donors (Lipinski definition) is 1. The van der Waals surface area contributed by atoms with E-state index in [1.165, 1.54) is 24.3 Å². The first kappa shape index (κ1) is 18.0. The molecule has 0 saturated carbocycles. The molecule has 4 atom stereocenters. The number of imide groups is 1. The van der Waals surface area contributed by atoms with Crippen LogP contribution in [0.3, 0.4) is 0 Å². The maximum absolute atomic E-state index is 13.7. The number of nitrogens with zero attached hydrogens (tertiary/aromatic N) is 2. The molecule has 0 unspecified atom stereocenters. The Kier molecular flexibility index (Phi) is 3.54. The molecule has 3 fully saturated rings. The number of amides is 3. The standard InChI is InChI=1S/C22H17ClFN3O3/c23-11-3-8-15-14(10-11)22(21(30)25-15)18-17(16-2-1-9-26(16)22)19(28)27(20(18)29)13-6-4-12(24)5-7-13/h3-8,10,16-18H,1-2,9H2,(H,25,30)/t16-,17-,18-,22+/m0/s1. The van der Waals surface area contributed by atoms with Gasteiger partial charge in [-0.15, -0.1) is 0 Å². The number of halogens is 2. The van der Waals surface area contributed by atoms with E-state index in [1.54, 1.807) is 18.2 Å². The van der Waals surface area contributed by atoms with E-state index in [-0.39, 0.29) is 17.9 Å². The van der Waals surface area contributed by atoms with Gasteiger partial charge in [0.15, 0.2) is 0 Å². The third-order valence-electron chi connectivity index (χ3n) is 7.04. The molecule has 0 aliphatic carbocycles. The fourth-order valence-electron chi connectivity index (χ4n) is 6.02. The summed E-state index contributed by atoms with van der Waals surface area (Å²) in [7, 11) is 0. The lowest BCUT2D eigenvalue weighted by Crippen LogP contribution is -2.54. The van der Waals surface area contributed by atoms with Crippen LogP contribution in [0.1, 0.15) is 18.4 Å². The monoisotopic (exact) mass is 425 g/mol. The maximum atomic E-state index is 13.7. The van der Waals surface area contributed by atoms with Gasteiger partial charge in [0.25, 0.3) is 0 Å². The molecule has 1 spiro atoms. The van der Waals surface area contributed by atoms with Crippen molar-refractivity contribution >= 4 is 40.7 Å². The fourth-order valence-corrected chi connectivity index (χ4v) is 6.19. The molecular formula is C22H17ClFN3O3. The van der Waals surface area contributed by atoms with Crippen molar-refractivity contribution in [1.82, 2.24) is 4.90 Å². The predicted molar refractivity (Wildman–Crippen MR) is 107 cm³/mol. The molecule has 3 saturated heterocycles. The van der Waals surface area contributed by atoms with Crippen LogP contribution in [-0.4, -0.2) is 35.2 Å². The van der Waals surface area contributed by atoms with E-state index in [2.05, 4.69) is 5.32 Å². The lowest BCUT2D eigenvalue weighted by molar-refractivity contribution is -0.135. The van der Waals surface area contributed by atoms with E-state index in [0.717, 1.165) is 17.7 Å². The Morgan fingerprint density at radius 3 is 2.60 bits per heavy atom. The van der Waals surface area contributed by atoms with E-state index in [1.807, 2.05) is 4.90 Å². The van der Waals surface area contributed by atoms with Gasteiger partial charge in [-0.1, -0.05) is 11.6 Å². The molecule has 0 bridgehead atoms. The van der Waals surface area contributed by atoms with Crippen LogP contribution in [-0.2, 0) is 19.9 Å². The molecule has 30 heavy (non-hydrogen) atoms. The Labute approximate surface area is 176 Å². The summed E-state index contributed by atoms with van der Waals surface area (Å²) in [6.07, 6.45) is 1.58. The number of carbonyl (C=O) groups excluding carboxylic acids is 3. The fraction of sp³-hybridized carbons (Fsp3) is 0.318. The normalized spacial score (nSPS) is 32.0. The van der Waals surface area contributed by atoms with E-state index < -0.39 is 29.1 Å². The highest BCUT2D eigenvalue weighted by Crippen LogP contribution is 2.60. The van der Waals surface area contributed by atoms with Crippen LogP contribution in [0.25, 0.3) is 0 Å². The second-order valence-corrected chi connectivity index (χ2v) is 8.74. The van der Waals surface area contributed by atoms with Crippen LogP contribution >= 0.6 is 11.6 Å². The molecule has 0 radical (unpaired) electrons. The summed E-state index contributed by atoms with van der Waals surface area (Å²) in [5.74, 6) is -2.96. The van der Waals surface area contributed by atoms with Gasteiger partial charge in [-0.2, -0.15) is 0 Å². The number of nitrogens with one attached hydrogen (secondary N) is 1. The van der Waals surface area contributed by atoms with Crippen molar-refractivity contribution in [2.24, 2.45) is 11.8 Å². The summed E-state index contributed by atoms with van der Waals surface area (Å²) < 4.78 is 13.4. The van der Waals surface area contributed by atoms with Gasteiger partial charge < -0.3 is 5.32 Å². The van der Waals surface area contributed by atoms with Gasteiger partial charge in [0.1, 0.15) is 11.4 Å². The lowest BCUT2D eigenvalue weighted by atomic mass is 9.75. The SMILES string of the molecule is O=C1[C@@H]2[C@@H](C(=O)N1c1ccc(F)cc1)[C@]1(C(=O)Nc3ccc(Cl)cc31)N1CCC[C@@H]21. The summed E-state index contributed by atoms with van der Waals surface area (Å²) >= 11 is 6.27. The van der Waals surface area contributed by atoms with Crippen LogP contribution in [0, 0.1) is 17.7 Å². The maximum Gasteiger partial charge on any atom is 0.250 e. The molecule has 4 aliphatic heterocycles. The minimum absolute atomic E-state index is 0.201. The van der Waals surface area contributed by atoms with Crippen molar-refractivity contribution in [3.8, 4) is 0 Å². The van der Waals surface area contributed by atoms with Crippen molar-refractivity contribution in [2.75, 3.05) is 16.8 Å². The van der Waals surface area contributed by atoms with E-state index >= 15 is 0 Å². The predicted octanol–water partition coefficient (Wildman–Crippen LogP) is 2.91. The van der Waals surface area contributed by atoms with Gasteiger partial charge in [0.05, 0.1) is 17.5 Å². The molecule has 2 aromatic carbocycles. The largest absolute Gasteiger partial charge is 0.324 e. The second-order valence-electron chi connectivity index (χ2n) is 8.31. The number of rotatable bonds is 1. The Balaban J connectivity index is 1.56. The van der Waals surface area contributed by atoms with Gasteiger partial charge in [-0.3, -0.25) is 19.3 Å². The highest BCUT2D eigenvalue weighted by molar-refractivity contribution is 6.31. The lowest BCUT2D eigenvalue weighted by Gasteiger charge is -2.36. The summed E-state index contributed by atoms with van der Waals surface area (Å²) in [6.45, 7) is 0.633. The zero-order valence-electron chi connectivity index (χ0n) is 15.8. The summed E-state index contributed by atoms with van der Waals surface area (Å²) in [4.78, 5) is 43.8. The average Bonchev–Trinajstić information content (AvgIpc) is 3.42. The molecule has 1 N–H and O–H groups in total. The van der Waals surface area contributed by atoms with Crippen LogP contribution in [0.5, 0.6) is 0 Å². The Bertz CT molecular complexity index is 1140. The number of fused-ring (bicyclic) bond motifs is 7. The third kappa shape index (κ3) is 1.99. The molecule has 4 aliphatic rings. The topological polar surface area (TPSA) is 69.7 Å². The molecular weight excluding hydrogens is 409 g/mol. The van der Waals surface area contributed by atoms with Gasteiger partial charge in [0.2, 0.25) is 17.7 Å². The van der Waals surface area contributed by atoms with Crippen molar-refractivity contribution < 1.29 is 18.8 Å². The number of carbonyl (C=O) groups is 3. The van der Waals surface area contributed by atoms with Crippen molar-refractivity contribution in [3.05, 3.63) is 58.9 Å². The number of hydrogen-bond acceptors (Lipinski definition) is 4. The number of anilines is 2. The highest BCUT2D eigenvalue weighted by Gasteiger charge is 2.74. The van der Waals surface area contributed by atoms with Crippen LogP contribution in [0.2, 0.25) is 5.02 Å². The molecule has 0 aromatic heterocycles. The zero-order valence-corrected chi connectivity index (χ0v) is 16.5. The first-order valence-corrected chi connectivity index (χ1v) is 10.3. The Morgan fingerprint density at radius 1 is 1.07 bits per heavy atom. The Hall–Kier alpha value is -2.77. The van der Waals surface area contributed by atoms with Gasteiger partial charge in [0, 0.05) is 22.3 Å². The Morgan fingerprint density at radius 2 is 1.83 bits per heavy atom. The van der Waals surface area contributed by atoms with Crippen molar-refractivity contribution in [1.29, 1.82) is 0 Å². The van der Waals surface area contributed by atoms with Crippen LogP contribution in [0.4, 0.5) is 15.8 Å². The quantitative estimate of drug-likeness (QED) is 0.713. The molecule has 3 amide bonds. The first-order valence-electron chi connectivity index (χ1n) is 9.96. The second kappa shape index (κ2) is 5.89. The van der Waals surface area contributed by atoms with Crippen LogP contribution < -0.4 is 10.2 Å². The van der Waals surface area contributed by atoms with Gasteiger partial charge in [-0.25, -0.2) is 9.29 Å². The van der Waals surface area contributed by atoms with Gasteiger partial charge >= 0.3 is 0 Å². The zero-order chi connectivity index (χ0) is 20.8. The van der Waals surface area contributed by atoms with Crippen LogP contribution in [0.15, 0.2) is 42.5 Å². The third-order valence-corrected chi connectivity index (χ3v) is 7.27. The molecule has 8 heteroatoms. The number of benzene rings is 2. The van der Waals surface area contributed by atoms with E-state index in [0.29, 0.717) is 28.5 Å².